The normalized spacial score (nSPS) is 17.9. The second kappa shape index (κ2) is 13.0. The highest BCUT2D eigenvalue weighted by atomic mass is 33.1. The van der Waals surface area contributed by atoms with Gasteiger partial charge in [0, 0.05) is 10.8 Å². The summed E-state index contributed by atoms with van der Waals surface area (Å²) in [5.41, 5.74) is 1.97. The Bertz CT molecular complexity index is 1530. The van der Waals surface area contributed by atoms with E-state index in [-0.39, 0.29) is 11.3 Å². The number of carboxylic acids is 1. The summed E-state index contributed by atoms with van der Waals surface area (Å²) in [6.45, 7) is 1.59. The van der Waals surface area contributed by atoms with Gasteiger partial charge in [-0.2, -0.15) is 0 Å². The van der Waals surface area contributed by atoms with Crippen LogP contribution in [0.25, 0.3) is 0 Å². The first-order valence-electron chi connectivity index (χ1n) is 12.8. The molecule has 1 heterocycles. The molecule has 11 heteroatoms. The van der Waals surface area contributed by atoms with Gasteiger partial charge in [0.05, 0.1) is 18.4 Å². The number of carboxylic acid groups (broad SMARTS) is 1. The van der Waals surface area contributed by atoms with Gasteiger partial charge < -0.3 is 20.1 Å². The van der Waals surface area contributed by atoms with E-state index in [0.29, 0.717) is 28.5 Å². The monoisotopic (exact) mass is 594 g/mol. The molecule has 2 N–H and O–H groups in total. The minimum absolute atomic E-state index is 0.0114. The number of aliphatic carboxylic acids is 1. The molecule has 0 aliphatic carbocycles. The van der Waals surface area contributed by atoms with Crippen molar-refractivity contribution in [3.05, 3.63) is 108 Å². The number of β-lactam (4-membered cyclic amide) rings is 1. The molecule has 3 atom stereocenters. The Balaban J connectivity index is 1.60. The van der Waals surface area contributed by atoms with Crippen molar-refractivity contribution in [3.8, 4) is 5.75 Å². The first kappa shape index (κ1) is 29.9. The highest BCUT2D eigenvalue weighted by Gasteiger charge is 2.55. The first-order valence-corrected chi connectivity index (χ1v) is 15.6. The number of ether oxygens (including phenoxy) is 1. The number of allylic oxidation sites excluding steroid dienone is 1. The Kier molecular flexibility index (Phi) is 9.51. The number of likely N-dealkylation sites (tertiary alicyclic amines) is 1. The molecule has 214 valence electrons. The summed E-state index contributed by atoms with van der Waals surface area (Å²) in [7, 11) is -1.99. The van der Waals surface area contributed by atoms with Crippen molar-refractivity contribution in [3.63, 3.8) is 0 Å². The highest BCUT2D eigenvalue weighted by molar-refractivity contribution is 8.72. The topological polar surface area (TPSA) is 130 Å². The van der Waals surface area contributed by atoms with Crippen molar-refractivity contribution in [1.29, 1.82) is 0 Å². The molecule has 0 aromatic heterocycles. The molecule has 1 saturated heterocycles. The molecule has 3 aromatic carbocycles. The summed E-state index contributed by atoms with van der Waals surface area (Å²) in [4.78, 5) is 39.7. The van der Waals surface area contributed by atoms with Gasteiger partial charge in [-0.25, -0.2) is 13.2 Å². The number of hydrogen-bond acceptors (Lipinski definition) is 7. The van der Waals surface area contributed by atoms with E-state index in [9.17, 15) is 27.9 Å². The summed E-state index contributed by atoms with van der Waals surface area (Å²) < 4.78 is 31.7. The van der Waals surface area contributed by atoms with Crippen molar-refractivity contribution in [1.82, 2.24) is 10.2 Å². The van der Waals surface area contributed by atoms with Crippen LogP contribution in [-0.2, 0) is 36.1 Å². The number of rotatable bonds is 12. The molecule has 1 fully saturated rings. The minimum atomic E-state index is -4.00. The van der Waals surface area contributed by atoms with Gasteiger partial charge in [-0.3, -0.25) is 9.59 Å². The van der Waals surface area contributed by atoms with Crippen LogP contribution in [-0.4, -0.2) is 60.8 Å². The lowest BCUT2D eigenvalue weighted by molar-refractivity contribution is -0.159. The van der Waals surface area contributed by atoms with Crippen LogP contribution in [0.3, 0.4) is 0 Å². The molecular formula is C30H30N2O7S2. The fourth-order valence-electron chi connectivity index (χ4n) is 4.46. The molecule has 0 bridgehead atoms. The Morgan fingerprint density at radius 1 is 1.00 bits per heavy atom. The molecule has 3 unspecified atom stereocenters. The Morgan fingerprint density at radius 3 is 2.20 bits per heavy atom. The van der Waals surface area contributed by atoms with Crippen LogP contribution in [0.5, 0.6) is 5.75 Å². The van der Waals surface area contributed by atoms with Crippen LogP contribution in [0.15, 0.2) is 101 Å². The zero-order valence-electron chi connectivity index (χ0n) is 22.5. The second-order valence-electron chi connectivity index (χ2n) is 9.45. The maximum absolute atomic E-state index is 13.4. The summed E-state index contributed by atoms with van der Waals surface area (Å²) in [6.07, 6.45) is 2.07. The van der Waals surface area contributed by atoms with Crippen LogP contribution in [0, 0.1) is 0 Å². The van der Waals surface area contributed by atoms with Crippen LogP contribution in [0.4, 0.5) is 0 Å². The number of amides is 2. The number of carbonyl (C=O) groups excluding carboxylic acids is 2. The average Bonchev–Trinajstić information content (AvgIpc) is 2.97. The van der Waals surface area contributed by atoms with Crippen LogP contribution >= 0.6 is 10.8 Å². The van der Waals surface area contributed by atoms with Crippen molar-refractivity contribution >= 4 is 37.4 Å². The summed E-state index contributed by atoms with van der Waals surface area (Å²) >= 11 is 0. The smallest absolute Gasteiger partial charge is 0.330 e. The molecule has 9 nitrogen and oxygen atoms in total. The van der Waals surface area contributed by atoms with E-state index in [1.165, 1.54) is 12.1 Å². The molecule has 0 radical (unpaired) electrons. The first-order chi connectivity index (χ1) is 19.6. The third-order valence-corrected chi connectivity index (χ3v) is 10.4. The van der Waals surface area contributed by atoms with Crippen molar-refractivity contribution in [2.75, 3.05) is 7.11 Å². The molecule has 0 spiro atoms. The van der Waals surface area contributed by atoms with Crippen LogP contribution < -0.4 is 10.1 Å². The molecular weight excluding hydrogens is 564 g/mol. The van der Waals surface area contributed by atoms with E-state index in [1.54, 1.807) is 74.7 Å². The van der Waals surface area contributed by atoms with Gasteiger partial charge in [-0.15, -0.1) is 0 Å². The van der Waals surface area contributed by atoms with Gasteiger partial charge >= 0.3 is 5.97 Å². The fourth-order valence-corrected chi connectivity index (χ4v) is 7.99. The molecule has 1 aliphatic heterocycles. The number of nitrogens with zero attached hydrogens (tertiary/aromatic N) is 1. The van der Waals surface area contributed by atoms with Crippen molar-refractivity contribution in [2.45, 2.75) is 42.1 Å². The lowest BCUT2D eigenvalue weighted by Gasteiger charge is -2.49. The fraction of sp³-hybridized carbons (Fsp3) is 0.233. The maximum Gasteiger partial charge on any atom is 0.330 e. The number of benzene rings is 3. The van der Waals surface area contributed by atoms with Gasteiger partial charge in [0.2, 0.25) is 20.7 Å². The molecule has 0 saturated carbocycles. The number of methoxy groups -OCH3 is 1. The van der Waals surface area contributed by atoms with Gasteiger partial charge in [0.1, 0.15) is 17.2 Å². The van der Waals surface area contributed by atoms with E-state index in [1.807, 2.05) is 18.2 Å². The highest BCUT2D eigenvalue weighted by Crippen LogP contribution is 2.39. The van der Waals surface area contributed by atoms with Gasteiger partial charge in [-0.05, 0) is 54.3 Å². The summed E-state index contributed by atoms with van der Waals surface area (Å²) in [6, 6.07) is 21.2. The zero-order valence-corrected chi connectivity index (χ0v) is 24.1. The molecule has 2 amide bonds. The van der Waals surface area contributed by atoms with Crippen molar-refractivity contribution < 1.29 is 32.6 Å². The molecule has 3 aromatic rings. The van der Waals surface area contributed by atoms with Gasteiger partial charge in [0.15, 0.2) is 6.04 Å². The Hall–Kier alpha value is -4.09. The van der Waals surface area contributed by atoms with E-state index in [0.717, 1.165) is 16.0 Å². The molecule has 41 heavy (non-hydrogen) atoms. The predicted octanol–water partition coefficient (Wildman–Crippen LogP) is 3.66. The molecule has 1 aliphatic rings. The standard InChI is InChI=1S/C30H30N2O7S2/c1-20(13-14-21-15-17-23(39-2)18-16-21)27(30(35)36)32-28(34)26(31-25(33)19-22-9-5-3-6-10-22)29(32)40-41(37,38)24-11-7-4-8-12-24/h3-13,15-18,26-27,29H,14,19H2,1-2H3,(H,31,33)(H,35,36). The lowest BCUT2D eigenvalue weighted by Crippen LogP contribution is -2.73. The number of nitrogens with one attached hydrogen (secondary N) is 1. The van der Waals surface area contributed by atoms with E-state index in [2.05, 4.69) is 5.32 Å². The number of hydrogen-bond donors (Lipinski definition) is 2. The Morgan fingerprint density at radius 2 is 1.61 bits per heavy atom. The second-order valence-corrected chi connectivity index (χ2v) is 13.4. The van der Waals surface area contributed by atoms with E-state index < -0.39 is 44.1 Å². The van der Waals surface area contributed by atoms with Crippen LogP contribution in [0.1, 0.15) is 18.1 Å². The SMILES string of the molecule is COc1ccc(CC=C(C)C(C(=O)O)N2C(=O)C(NC(=O)Cc3ccccc3)C2SS(=O)(=O)c2ccccc2)cc1. The predicted molar refractivity (Wildman–Crippen MR) is 156 cm³/mol. The largest absolute Gasteiger partial charge is 0.497 e. The number of carbonyl (C=O) groups is 3. The third kappa shape index (κ3) is 7.17. The quantitative estimate of drug-likeness (QED) is 0.185. The van der Waals surface area contributed by atoms with E-state index in [4.69, 9.17) is 4.74 Å². The van der Waals surface area contributed by atoms with Gasteiger partial charge in [-0.1, -0.05) is 66.7 Å². The summed E-state index contributed by atoms with van der Waals surface area (Å²) in [5, 5.41) is 11.6. The third-order valence-electron chi connectivity index (χ3n) is 6.62. The van der Waals surface area contributed by atoms with Gasteiger partial charge in [0.25, 0.3) is 0 Å². The van der Waals surface area contributed by atoms with Crippen molar-refractivity contribution in [2.24, 2.45) is 0 Å². The summed E-state index contributed by atoms with van der Waals surface area (Å²) in [5.74, 6) is -1.77. The minimum Gasteiger partial charge on any atom is -0.497 e. The van der Waals surface area contributed by atoms with Crippen LogP contribution in [0.2, 0.25) is 0 Å². The Labute approximate surface area is 242 Å². The zero-order chi connectivity index (χ0) is 29.6. The average molecular weight is 595 g/mol. The maximum atomic E-state index is 13.4. The lowest BCUT2D eigenvalue weighted by atomic mass is 9.97. The van der Waals surface area contributed by atoms with E-state index >= 15 is 0 Å². The molecule has 4 rings (SSSR count).